The standard InChI is InChI=1S/C15H11N3O3/c19-14(18-9-11-8-16-5-6-17-11)13-7-10-3-1-2-4-12(10)15(20)21-13/h1-8H,9H2,(H,18,19). The van der Waals surface area contributed by atoms with E-state index < -0.39 is 11.5 Å². The van der Waals surface area contributed by atoms with Gasteiger partial charge in [0.2, 0.25) is 0 Å². The lowest BCUT2D eigenvalue weighted by molar-refractivity contribution is 0.0918. The number of carbonyl (C=O) groups is 1. The number of carbonyl (C=O) groups excluding carboxylic acids is 1. The smallest absolute Gasteiger partial charge is 0.344 e. The Labute approximate surface area is 119 Å². The molecule has 2 heterocycles. The lowest BCUT2D eigenvalue weighted by atomic mass is 10.1. The Hall–Kier alpha value is -3.02. The predicted molar refractivity (Wildman–Crippen MR) is 75.7 cm³/mol. The molecule has 3 rings (SSSR count). The van der Waals surface area contributed by atoms with Crippen LogP contribution >= 0.6 is 0 Å². The van der Waals surface area contributed by atoms with Crippen molar-refractivity contribution in [2.75, 3.05) is 0 Å². The van der Waals surface area contributed by atoms with Crippen LogP contribution in [-0.4, -0.2) is 15.9 Å². The Bertz CT molecular complexity index is 843. The van der Waals surface area contributed by atoms with Gasteiger partial charge in [0.05, 0.1) is 23.8 Å². The number of aromatic nitrogens is 2. The maximum atomic E-state index is 12.0. The van der Waals surface area contributed by atoms with Crippen molar-refractivity contribution in [1.29, 1.82) is 0 Å². The number of hydrogen-bond acceptors (Lipinski definition) is 5. The second-order valence-corrected chi connectivity index (χ2v) is 4.36. The fraction of sp³-hybridized carbons (Fsp3) is 0.0667. The zero-order valence-electron chi connectivity index (χ0n) is 10.9. The summed E-state index contributed by atoms with van der Waals surface area (Å²) in [7, 11) is 0. The number of nitrogens with one attached hydrogen (secondary N) is 1. The summed E-state index contributed by atoms with van der Waals surface area (Å²) in [6, 6.07) is 8.49. The van der Waals surface area contributed by atoms with Gasteiger partial charge in [-0.3, -0.25) is 14.8 Å². The molecule has 6 nitrogen and oxygen atoms in total. The van der Waals surface area contributed by atoms with Gasteiger partial charge in [-0.15, -0.1) is 0 Å². The molecule has 21 heavy (non-hydrogen) atoms. The Kier molecular flexibility index (Phi) is 3.42. The Morgan fingerprint density at radius 3 is 2.90 bits per heavy atom. The third-order valence-corrected chi connectivity index (χ3v) is 2.94. The quantitative estimate of drug-likeness (QED) is 0.786. The highest BCUT2D eigenvalue weighted by atomic mass is 16.4. The molecule has 0 fully saturated rings. The van der Waals surface area contributed by atoms with E-state index >= 15 is 0 Å². The van der Waals surface area contributed by atoms with Crippen molar-refractivity contribution < 1.29 is 9.21 Å². The molecular formula is C15H11N3O3. The van der Waals surface area contributed by atoms with Crippen LogP contribution in [0.1, 0.15) is 16.2 Å². The molecule has 104 valence electrons. The summed E-state index contributed by atoms with van der Waals surface area (Å²) >= 11 is 0. The van der Waals surface area contributed by atoms with Gasteiger partial charge < -0.3 is 9.73 Å². The minimum atomic E-state index is -0.530. The Morgan fingerprint density at radius 1 is 1.24 bits per heavy atom. The molecule has 0 unspecified atom stereocenters. The zero-order chi connectivity index (χ0) is 14.7. The van der Waals surface area contributed by atoms with Gasteiger partial charge in [0.1, 0.15) is 0 Å². The summed E-state index contributed by atoms with van der Waals surface area (Å²) in [6.07, 6.45) is 4.64. The summed E-state index contributed by atoms with van der Waals surface area (Å²) in [5, 5.41) is 3.75. The van der Waals surface area contributed by atoms with Crippen molar-refractivity contribution in [3.05, 3.63) is 70.8 Å². The highest BCUT2D eigenvalue weighted by Gasteiger charge is 2.11. The highest BCUT2D eigenvalue weighted by molar-refractivity contribution is 5.95. The molecular weight excluding hydrogens is 270 g/mol. The second-order valence-electron chi connectivity index (χ2n) is 4.36. The molecule has 2 aromatic heterocycles. The van der Waals surface area contributed by atoms with Crippen molar-refractivity contribution in [3.8, 4) is 0 Å². The average Bonchev–Trinajstić information content (AvgIpc) is 2.53. The van der Waals surface area contributed by atoms with Crippen LogP contribution in [0.5, 0.6) is 0 Å². The summed E-state index contributed by atoms with van der Waals surface area (Å²) < 4.78 is 5.04. The predicted octanol–water partition coefficient (Wildman–Crippen LogP) is 1.51. The molecule has 0 bridgehead atoms. The fourth-order valence-corrected chi connectivity index (χ4v) is 1.93. The van der Waals surface area contributed by atoms with E-state index in [9.17, 15) is 9.59 Å². The molecule has 1 amide bonds. The van der Waals surface area contributed by atoms with E-state index in [1.165, 1.54) is 6.20 Å². The van der Waals surface area contributed by atoms with Crippen molar-refractivity contribution in [2.24, 2.45) is 0 Å². The maximum Gasteiger partial charge on any atom is 0.344 e. The first-order valence-electron chi connectivity index (χ1n) is 6.30. The number of fused-ring (bicyclic) bond motifs is 1. The highest BCUT2D eigenvalue weighted by Crippen LogP contribution is 2.11. The van der Waals surface area contributed by atoms with E-state index in [2.05, 4.69) is 15.3 Å². The molecule has 0 aliphatic carbocycles. The SMILES string of the molecule is O=C(NCc1cnccn1)c1cc2ccccc2c(=O)o1. The van der Waals surface area contributed by atoms with Gasteiger partial charge >= 0.3 is 5.63 Å². The maximum absolute atomic E-state index is 12.0. The molecule has 0 radical (unpaired) electrons. The van der Waals surface area contributed by atoms with Crippen LogP contribution in [0.3, 0.4) is 0 Å². The van der Waals surface area contributed by atoms with Crippen molar-refractivity contribution in [2.45, 2.75) is 6.54 Å². The van der Waals surface area contributed by atoms with E-state index in [-0.39, 0.29) is 12.3 Å². The van der Waals surface area contributed by atoms with E-state index in [1.807, 2.05) is 0 Å². The van der Waals surface area contributed by atoms with Gasteiger partial charge in [-0.2, -0.15) is 0 Å². The summed E-state index contributed by atoms with van der Waals surface area (Å²) in [5.41, 5.74) is 0.0896. The molecule has 1 aromatic carbocycles. The number of amides is 1. The van der Waals surface area contributed by atoms with Gasteiger partial charge in [0, 0.05) is 12.4 Å². The lowest BCUT2D eigenvalue weighted by Crippen LogP contribution is -2.24. The largest absolute Gasteiger partial charge is 0.417 e. The monoisotopic (exact) mass is 281 g/mol. The van der Waals surface area contributed by atoms with Crippen LogP contribution in [0.4, 0.5) is 0 Å². The van der Waals surface area contributed by atoms with Crippen LogP contribution in [0, 0.1) is 0 Å². The first-order chi connectivity index (χ1) is 10.2. The van der Waals surface area contributed by atoms with Crippen LogP contribution in [0.25, 0.3) is 10.8 Å². The van der Waals surface area contributed by atoms with Crippen molar-refractivity contribution in [3.63, 3.8) is 0 Å². The lowest BCUT2D eigenvalue weighted by Gasteiger charge is -2.04. The molecule has 0 aliphatic rings. The van der Waals surface area contributed by atoms with Crippen molar-refractivity contribution >= 4 is 16.7 Å². The first kappa shape index (κ1) is 13.0. The van der Waals surface area contributed by atoms with Gasteiger partial charge in [-0.05, 0) is 17.5 Å². The third-order valence-electron chi connectivity index (χ3n) is 2.94. The molecule has 3 aromatic rings. The number of rotatable bonds is 3. The van der Waals surface area contributed by atoms with Crippen LogP contribution in [-0.2, 0) is 6.54 Å². The molecule has 0 atom stereocenters. The number of nitrogens with zero attached hydrogens (tertiary/aromatic N) is 2. The molecule has 0 aliphatic heterocycles. The summed E-state index contributed by atoms with van der Waals surface area (Å²) in [5.74, 6) is -0.494. The van der Waals surface area contributed by atoms with Gasteiger partial charge in [0.25, 0.3) is 5.91 Å². The van der Waals surface area contributed by atoms with E-state index in [0.717, 1.165) is 0 Å². The molecule has 0 saturated carbocycles. The zero-order valence-corrected chi connectivity index (χ0v) is 10.9. The first-order valence-corrected chi connectivity index (χ1v) is 6.30. The second kappa shape index (κ2) is 5.54. The van der Waals surface area contributed by atoms with Crippen LogP contribution in [0.15, 0.2) is 58.1 Å². The van der Waals surface area contributed by atoms with E-state index in [0.29, 0.717) is 16.5 Å². The molecule has 6 heteroatoms. The van der Waals surface area contributed by atoms with Crippen molar-refractivity contribution in [1.82, 2.24) is 15.3 Å². The Balaban J connectivity index is 1.83. The molecule has 0 saturated heterocycles. The van der Waals surface area contributed by atoms with Crippen LogP contribution < -0.4 is 10.9 Å². The van der Waals surface area contributed by atoms with E-state index in [1.54, 1.807) is 42.7 Å². The number of hydrogen-bond donors (Lipinski definition) is 1. The number of benzene rings is 1. The third kappa shape index (κ3) is 2.79. The minimum Gasteiger partial charge on any atom is -0.417 e. The Morgan fingerprint density at radius 2 is 2.10 bits per heavy atom. The van der Waals surface area contributed by atoms with Gasteiger partial charge in [0.15, 0.2) is 5.76 Å². The summed E-state index contributed by atoms with van der Waals surface area (Å²) in [6.45, 7) is 0.212. The van der Waals surface area contributed by atoms with Crippen LogP contribution in [0.2, 0.25) is 0 Å². The summed E-state index contributed by atoms with van der Waals surface area (Å²) in [4.78, 5) is 31.8. The topological polar surface area (TPSA) is 85.1 Å². The van der Waals surface area contributed by atoms with E-state index in [4.69, 9.17) is 4.42 Å². The minimum absolute atomic E-state index is 0.0254. The molecule has 1 N–H and O–H groups in total. The van der Waals surface area contributed by atoms with Gasteiger partial charge in [-0.25, -0.2) is 4.79 Å². The fourth-order valence-electron chi connectivity index (χ4n) is 1.93. The normalized spacial score (nSPS) is 10.5. The average molecular weight is 281 g/mol. The van der Waals surface area contributed by atoms with Gasteiger partial charge in [-0.1, -0.05) is 18.2 Å². The molecule has 0 spiro atoms.